The Bertz CT molecular complexity index is 676. The second-order valence-electron chi connectivity index (χ2n) is 11.9. The SMILES string of the molecule is C.COCNC1CCCC(C(=O)N[C@@H](CN2CCC(C3CC=C(Cl)CC3)C(C)(C)C2)C(C)C)C1.O.O.O. The third kappa shape index (κ3) is 11.1. The summed E-state index contributed by atoms with van der Waals surface area (Å²) in [5, 5.41) is 7.93. The number of halogens is 1. The molecule has 0 spiro atoms. The molecule has 2 fully saturated rings. The standard InChI is InChI=1S/C27H48ClN3O2.CH4.3H2O/c1-19(2)25(30-26(32)21-7-6-8-23(15-21)29-18-33-5)16-31-14-13-24(27(3,4)17-31)20-9-11-22(28)12-10-20;;;;/h11,19-21,23-25,29H,6-10,12-18H2,1-5H3,(H,30,32);1H4;3*1H2/t20?,21?,23?,24?,25-;;;;/m0..../s1. The lowest BCUT2D eigenvalue weighted by Gasteiger charge is -2.49. The summed E-state index contributed by atoms with van der Waals surface area (Å²) in [5.41, 5.74) is 0.287. The molecule has 1 heterocycles. The minimum atomic E-state index is 0. The first-order chi connectivity index (χ1) is 15.7. The molecule has 0 aromatic heterocycles. The summed E-state index contributed by atoms with van der Waals surface area (Å²) >= 11 is 6.24. The zero-order chi connectivity index (χ0) is 24.0. The molecule has 0 bridgehead atoms. The Morgan fingerprint density at radius 3 is 2.46 bits per heavy atom. The van der Waals surface area contributed by atoms with Crippen LogP contribution in [0.2, 0.25) is 0 Å². The molecule has 2 aliphatic carbocycles. The molecule has 222 valence electrons. The Morgan fingerprint density at radius 1 is 1.19 bits per heavy atom. The summed E-state index contributed by atoms with van der Waals surface area (Å²) in [6.07, 6.45) is 11.1. The number of piperidine rings is 1. The number of ether oxygens (including phenoxy) is 1. The maximum Gasteiger partial charge on any atom is 0.223 e. The van der Waals surface area contributed by atoms with E-state index in [2.05, 4.69) is 49.3 Å². The summed E-state index contributed by atoms with van der Waals surface area (Å²) in [4.78, 5) is 15.8. The average Bonchev–Trinajstić information content (AvgIpc) is 2.77. The Balaban J connectivity index is 0. The fraction of sp³-hybridized carbons (Fsp3) is 0.893. The van der Waals surface area contributed by atoms with Gasteiger partial charge in [-0.1, -0.05) is 59.2 Å². The van der Waals surface area contributed by atoms with Gasteiger partial charge in [-0.3, -0.25) is 10.1 Å². The predicted octanol–water partition coefficient (Wildman–Crippen LogP) is 3.31. The van der Waals surface area contributed by atoms with Crippen molar-refractivity contribution in [1.82, 2.24) is 15.5 Å². The molecule has 3 aliphatic rings. The van der Waals surface area contributed by atoms with Crippen LogP contribution in [0.25, 0.3) is 0 Å². The van der Waals surface area contributed by atoms with E-state index in [9.17, 15) is 4.79 Å². The molecule has 9 heteroatoms. The maximum absolute atomic E-state index is 13.2. The fourth-order valence-corrected chi connectivity index (χ4v) is 6.72. The highest BCUT2D eigenvalue weighted by atomic mass is 35.5. The molecule has 0 aromatic rings. The van der Waals surface area contributed by atoms with Gasteiger partial charge in [-0.15, -0.1) is 0 Å². The van der Waals surface area contributed by atoms with E-state index in [0.29, 0.717) is 18.7 Å². The number of allylic oxidation sites excluding steroid dienone is 2. The van der Waals surface area contributed by atoms with Gasteiger partial charge in [0, 0.05) is 43.2 Å². The topological polar surface area (TPSA) is 148 Å². The van der Waals surface area contributed by atoms with Crippen molar-refractivity contribution in [1.29, 1.82) is 0 Å². The van der Waals surface area contributed by atoms with Gasteiger partial charge in [-0.25, -0.2) is 0 Å². The van der Waals surface area contributed by atoms with Crippen molar-refractivity contribution < 1.29 is 26.0 Å². The molecule has 1 saturated carbocycles. The van der Waals surface area contributed by atoms with E-state index in [1.165, 1.54) is 12.8 Å². The smallest absolute Gasteiger partial charge is 0.223 e. The van der Waals surface area contributed by atoms with Gasteiger partial charge in [0.15, 0.2) is 0 Å². The highest BCUT2D eigenvalue weighted by Crippen LogP contribution is 2.45. The number of nitrogens with zero attached hydrogens (tertiary/aromatic N) is 1. The summed E-state index contributed by atoms with van der Waals surface area (Å²) < 4.78 is 5.16. The first-order valence-electron chi connectivity index (χ1n) is 13.3. The molecule has 8 nitrogen and oxygen atoms in total. The predicted molar refractivity (Wildman–Crippen MR) is 155 cm³/mol. The van der Waals surface area contributed by atoms with Crippen molar-refractivity contribution in [3.8, 4) is 0 Å². The maximum atomic E-state index is 13.2. The first kappa shape index (κ1) is 38.4. The van der Waals surface area contributed by atoms with Crippen LogP contribution in [0.4, 0.5) is 0 Å². The lowest BCUT2D eigenvalue weighted by atomic mass is 9.65. The number of carbonyl (C=O) groups is 1. The Morgan fingerprint density at radius 2 is 1.89 bits per heavy atom. The summed E-state index contributed by atoms with van der Waals surface area (Å²) in [6, 6.07) is 0.588. The molecule has 1 saturated heterocycles. The summed E-state index contributed by atoms with van der Waals surface area (Å²) in [5.74, 6) is 2.30. The first-order valence-corrected chi connectivity index (χ1v) is 13.7. The highest BCUT2D eigenvalue weighted by Gasteiger charge is 2.41. The number of nitrogens with one attached hydrogen (secondary N) is 2. The van der Waals surface area contributed by atoms with Crippen molar-refractivity contribution in [3.63, 3.8) is 0 Å². The van der Waals surface area contributed by atoms with Crippen LogP contribution >= 0.6 is 11.6 Å². The van der Waals surface area contributed by atoms with Gasteiger partial charge in [0.2, 0.25) is 5.91 Å². The Labute approximate surface area is 231 Å². The van der Waals surface area contributed by atoms with Crippen molar-refractivity contribution >= 4 is 17.5 Å². The van der Waals surface area contributed by atoms with Crippen LogP contribution in [0.5, 0.6) is 0 Å². The molecule has 37 heavy (non-hydrogen) atoms. The molecule has 1 aliphatic heterocycles. The van der Waals surface area contributed by atoms with Gasteiger partial charge in [0.05, 0.1) is 6.73 Å². The zero-order valence-corrected chi connectivity index (χ0v) is 23.9. The molecule has 8 N–H and O–H groups in total. The lowest BCUT2D eigenvalue weighted by molar-refractivity contribution is -0.127. The lowest BCUT2D eigenvalue weighted by Crippen LogP contribution is -2.54. The number of amides is 1. The highest BCUT2D eigenvalue weighted by molar-refractivity contribution is 6.29. The third-order valence-electron chi connectivity index (χ3n) is 8.50. The third-order valence-corrected chi connectivity index (χ3v) is 8.85. The largest absolute Gasteiger partial charge is 0.412 e. The average molecular weight is 552 g/mol. The van der Waals surface area contributed by atoms with E-state index in [1.807, 2.05) is 0 Å². The Kier molecular flexibility index (Phi) is 18.4. The molecule has 1 amide bonds. The Hall–Kier alpha value is -0.740. The van der Waals surface area contributed by atoms with Gasteiger partial charge in [0.25, 0.3) is 0 Å². The van der Waals surface area contributed by atoms with E-state index in [4.69, 9.17) is 16.3 Å². The number of methoxy groups -OCH3 is 1. The van der Waals surface area contributed by atoms with Gasteiger partial charge in [0.1, 0.15) is 0 Å². The van der Waals surface area contributed by atoms with Crippen molar-refractivity contribution in [3.05, 3.63) is 11.1 Å². The molecule has 3 rings (SSSR count). The molecule has 0 radical (unpaired) electrons. The molecule has 5 atom stereocenters. The minimum absolute atomic E-state index is 0. The molecular formula is C28H58ClN3O5. The van der Waals surface area contributed by atoms with Crippen LogP contribution in [-0.4, -0.2) is 72.8 Å². The van der Waals surface area contributed by atoms with Gasteiger partial charge in [-0.2, -0.15) is 0 Å². The minimum Gasteiger partial charge on any atom is -0.412 e. The number of hydrogen-bond donors (Lipinski definition) is 2. The summed E-state index contributed by atoms with van der Waals surface area (Å²) in [6.45, 7) is 13.1. The van der Waals surface area contributed by atoms with Gasteiger partial charge in [-0.05, 0) is 74.7 Å². The summed E-state index contributed by atoms with van der Waals surface area (Å²) in [7, 11) is 1.71. The van der Waals surface area contributed by atoms with E-state index < -0.39 is 0 Å². The van der Waals surface area contributed by atoms with Crippen molar-refractivity contribution in [2.24, 2.45) is 29.1 Å². The second kappa shape index (κ2) is 17.8. The van der Waals surface area contributed by atoms with Crippen molar-refractivity contribution in [2.45, 2.75) is 98.6 Å². The van der Waals surface area contributed by atoms with E-state index in [-0.39, 0.29) is 47.1 Å². The van der Waals surface area contributed by atoms with Crippen LogP contribution in [0.3, 0.4) is 0 Å². The van der Waals surface area contributed by atoms with Crippen molar-refractivity contribution in [2.75, 3.05) is 33.5 Å². The van der Waals surface area contributed by atoms with Crippen LogP contribution in [0, 0.1) is 29.1 Å². The van der Waals surface area contributed by atoms with E-state index in [1.54, 1.807) is 7.11 Å². The van der Waals surface area contributed by atoms with Crippen LogP contribution < -0.4 is 10.6 Å². The second-order valence-corrected chi connectivity index (χ2v) is 12.3. The van der Waals surface area contributed by atoms with Crippen LogP contribution in [0.15, 0.2) is 11.1 Å². The molecular weight excluding hydrogens is 494 g/mol. The molecule has 4 unspecified atom stereocenters. The normalized spacial score (nSPS) is 28.4. The monoisotopic (exact) mass is 551 g/mol. The number of rotatable bonds is 9. The number of hydrogen-bond acceptors (Lipinski definition) is 4. The fourth-order valence-electron chi connectivity index (χ4n) is 6.52. The van der Waals surface area contributed by atoms with Crippen LogP contribution in [0.1, 0.15) is 86.5 Å². The quantitative estimate of drug-likeness (QED) is 0.423. The van der Waals surface area contributed by atoms with Crippen LogP contribution in [-0.2, 0) is 9.53 Å². The van der Waals surface area contributed by atoms with E-state index in [0.717, 1.165) is 75.0 Å². The number of carbonyl (C=O) groups excluding carboxylic acids is 1. The zero-order valence-electron chi connectivity index (χ0n) is 23.2. The van der Waals surface area contributed by atoms with E-state index >= 15 is 0 Å². The molecule has 0 aromatic carbocycles. The van der Waals surface area contributed by atoms with Gasteiger partial charge >= 0.3 is 0 Å². The van der Waals surface area contributed by atoms with Gasteiger partial charge < -0.3 is 31.4 Å². The number of likely N-dealkylation sites (tertiary alicyclic amines) is 1.